The molecular formula is C22H30N2O5S. The number of hydrogen-bond acceptors (Lipinski definition) is 5. The number of nitrogens with zero attached hydrogens (tertiary/aromatic N) is 1. The number of amides is 1. The van der Waals surface area contributed by atoms with Crippen molar-refractivity contribution in [2.75, 3.05) is 24.8 Å². The van der Waals surface area contributed by atoms with Gasteiger partial charge in [0, 0.05) is 0 Å². The molecule has 0 aliphatic rings. The first-order valence-corrected chi connectivity index (χ1v) is 11.4. The molecule has 0 fully saturated rings. The standard InChI is InChI=1S/C22H30N2O5S/c1-14-8-10-19(12-15(14)2)24(30(7,26)27)17(4)22(25)23-16(3)18-9-11-20(28-5)21(13-18)29-6/h8-13,16-17H,1-7H3,(H,23,25)/t16-,17+/m1/s1. The molecule has 2 rings (SSSR count). The third kappa shape index (κ3) is 5.24. The van der Waals surface area contributed by atoms with Crippen LogP contribution in [-0.2, 0) is 14.8 Å². The summed E-state index contributed by atoms with van der Waals surface area (Å²) in [5, 5.41) is 2.89. The van der Waals surface area contributed by atoms with E-state index in [1.807, 2.05) is 32.9 Å². The Bertz CT molecular complexity index is 1020. The predicted molar refractivity (Wildman–Crippen MR) is 119 cm³/mol. The molecule has 2 aromatic rings. The van der Waals surface area contributed by atoms with Gasteiger partial charge in [0.2, 0.25) is 15.9 Å². The zero-order chi connectivity index (χ0) is 22.6. The van der Waals surface area contributed by atoms with Crippen molar-refractivity contribution in [3.63, 3.8) is 0 Å². The quantitative estimate of drug-likeness (QED) is 0.689. The number of nitrogens with one attached hydrogen (secondary N) is 1. The summed E-state index contributed by atoms with van der Waals surface area (Å²) in [4.78, 5) is 12.9. The molecule has 0 saturated carbocycles. The van der Waals surface area contributed by atoms with E-state index >= 15 is 0 Å². The lowest BCUT2D eigenvalue weighted by atomic mass is 10.1. The summed E-state index contributed by atoms with van der Waals surface area (Å²) in [6, 6.07) is 9.42. The average molecular weight is 435 g/mol. The highest BCUT2D eigenvalue weighted by molar-refractivity contribution is 7.92. The van der Waals surface area contributed by atoms with Crippen LogP contribution in [0.5, 0.6) is 11.5 Å². The molecule has 0 aromatic heterocycles. The molecule has 1 amide bonds. The van der Waals surface area contributed by atoms with Crippen LogP contribution in [0.25, 0.3) is 0 Å². The van der Waals surface area contributed by atoms with Gasteiger partial charge in [-0.15, -0.1) is 0 Å². The molecule has 0 unspecified atom stereocenters. The Labute approximate surface area is 179 Å². The van der Waals surface area contributed by atoms with Crippen LogP contribution in [0.4, 0.5) is 5.69 Å². The van der Waals surface area contributed by atoms with Gasteiger partial charge < -0.3 is 14.8 Å². The molecule has 0 heterocycles. The summed E-state index contributed by atoms with van der Waals surface area (Å²) in [7, 11) is -0.581. The van der Waals surface area contributed by atoms with Gasteiger partial charge in [-0.05, 0) is 68.7 Å². The summed E-state index contributed by atoms with van der Waals surface area (Å²) in [5.74, 6) is 0.740. The SMILES string of the molecule is COc1ccc([C@@H](C)NC(=O)[C@H](C)N(c2ccc(C)c(C)c2)S(C)(=O)=O)cc1OC. The van der Waals surface area contributed by atoms with Crippen molar-refractivity contribution >= 4 is 21.6 Å². The maximum absolute atomic E-state index is 12.9. The zero-order valence-corrected chi connectivity index (χ0v) is 19.3. The minimum Gasteiger partial charge on any atom is -0.493 e. The van der Waals surface area contributed by atoms with Crippen LogP contribution in [0.3, 0.4) is 0 Å². The highest BCUT2D eigenvalue weighted by Gasteiger charge is 2.30. The molecule has 0 radical (unpaired) electrons. The Balaban J connectivity index is 2.28. The van der Waals surface area contributed by atoms with Gasteiger partial charge >= 0.3 is 0 Å². The Kier molecular flexibility index (Phi) is 7.36. The maximum atomic E-state index is 12.9. The van der Waals surface area contributed by atoms with Gasteiger partial charge in [-0.2, -0.15) is 0 Å². The van der Waals surface area contributed by atoms with Crippen molar-refractivity contribution in [3.05, 3.63) is 53.1 Å². The number of ether oxygens (including phenoxy) is 2. The molecular weight excluding hydrogens is 404 g/mol. The van der Waals surface area contributed by atoms with E-state index in [2.05, 4.69) is 5.32 Å². The van der Waals surface area contributed by atoms with Crippen molar-refractivity contribution in [3.8, 4) is 11.5 Å². The van der Waals surface area contributed by atoms with Crippen LogP contribution in [-0.4, -0.2) is 40.8 Å². The number of sulfonamides is 1. The van der Waals surface area contributed by atoms with Crippen LogP contribution < -0.4 is 19.1 Å². The molecule has 30 heavy (non-hydrogen) atoms. The predicted octanol–water partition coefficient (Wildman–Crippen LogP) is 3.35. The lowest BCUT2D eigenvalue weighted by Crippen LogP contribution is -2.48. The Hall–Kier alpha value is -2.74. The molecule has 7 nitrogen and oxygen atoms in total. The van der Waals surface area contributed by atoms with Crippen LogP contribution in [0.15, 0.2) is 36.4 Å². The number of rotatable bonds is 8. The van der Waals surface area contributed by atoms with Crippen molar-refractivity contribution in [2.45, 2.75) is 39.8 Å². The summed E-state index contributed by atoms with van der Waals surface area (Å²) < 4.78 is 36.7. The fourth-order valence-corrected chi connectivity index (χ4v) is 4.38. The highest BCUT2D eigenvalue weighted by atomic mass is 32.2. The molecule has 1 N–H and O–H groups in total. The van der Waals surface area contributed by atoms with Gasteiger partial charge in [0.15, 0.2) is 11.5 Å². The summed E-state index contributed by atoms with van der Waals surface area (Å²) >= 11 is 0. The molecule has 2 atom stereocenters. The minimum atomic E-state index is -3.68. The lowest BCUT2D eigenvalue weighted by Gasteiger charge is -2.29. The van der Waals surface area contributed by atoms with Crippen molar-refractivity contribution < 1.29 is 22.7 Å². The van der Waals surface area contributed by atoms with E-state index < -0.39 is 22.0 Å². The normalized spacial score (nSPS) is 13.3. The summed E-state index contributed by atoms with van der Waals surface area (Å²) in [6.07, 6.45) is 1.10. The first-order valence-electron chi connectivity index (χ1n) is 9.58. The number of carbonyl (C=O) groups is 1. The van der Waals surface area contributed by atoms with Crippen LogP contribution in [0.2, 0.25) is 0 Å². The van der Waals surface area contributed by atoms with E-state index in [0.717, 1.165) is 27.3 Å². The molecule has 0 bridgehead atoms. The van der Waals surface area contributed by atoms with Crippen LogP contribution in [0, 0.1) is 13.8 Å². The van der Waals surface area contributed by atoms with Crippen molar-refractivity contribution in [2.24, 2.45) is 0 Å². The number of benzene rings is 2. The van der Waals surface area contributed by atoms with Crippen LogP contribution in [0.1, 0.15) is 36.6 Å². The number of carbonyl (C=O) groups excluding carboxylic acids is 1. The van der Waals surface area contributed by atoms with E-state index in [1.54, 1.807) is 45.4 Å². The Morgan fingerprint density at radius 2 is 1.60 bits per heavy atom. The number of aryl methyl sites for hydroxylation is 2. The number of hydrogen-bond donors (Lipinski definition) is 1. The second-order valence-electron chi connectivity index (χ2n) is 7.35. The van der Waals surface area contributed by atoms with Crippen molar-refractivity contribution in [1.82, 2.24) is 5.32 Å². The molecule has 164 valence electrons. The van der Waals surface area contributed by atoms with Gasteiger partial charge in [-0.3, -0.25) is 9.10 Å². The van der Waals surface area contributed by atoms with E-state index in [9.17, 15) is 13.2 Å². The van der Waals surface area contributed by atoms with E-state index in [0.29, 0.717) is 17.2 Å². The molecule has 0 saturated heterocycles. The van der Waals surface area contributed by atoms with E-state index in [-0.39, 0.29) is 6.04 Å². The molecule has 0 aliphatic carbocycles. The first kappa shape index (κ1) is 23.5. The molecule has 2 aromatic carbocycles. The topological polar surface area (TPSA) is 84.9 Å². The van der Waals surface area contributed by atoms with Gasteiger partial charge in [0.05, 0.1) is 32.2 Å². The second-order valence-corrected chi connectivity index (χ2v) is 9.21. The lowest BCUT2D eigenvalue weighted by molar-refractivity contribution is -0.122. The zero-order valence-electron chi connectivity index (χ0n) is 18.5. The van der Waals surface area contributed by atoms with E-state index in [1.165, 1.54) is 0 Å². The number of methoxy groups -OCH3 is 2. The first-order chi connectivity index (χ1) is 14.0. The monoisotopic (exact) mass is 434 g/mol. The van der Waals surface area contributed by atoms with Crippen LogP contribution >= 0.6 is 0 Å². The fraction of sp³-hybridized carbons (Fsp3) is 0.409. The summed E-state index contributed by atoms with van der Waals surface area (Å²) in [5.41, 5.74) is 3.27. The van der Waals surface area contributed by atoms with Gasteiger partial charge in [-0.25, -0.2) is 8.42 Å². The maximum Gasteiger partial charge on any atom is 0.244 e. The third-order valence-electron chi connectivity index (χ3n) is 5.10. The Morgan fingerprint density at radius 1 is 0.967 bits per heavy atom. The Morgan fingerprint density at radius 3 is 2.13 bits per heavy atom. The molecule has 0 aliphatic heterocycles. The van der Waals surface area contributed by atoms with Gasteiger partial charge in [0.25, 0.3) is 0 Å². The molecule has 8 heteroatoms. The van der Waals surface area contributed by atoms with Gasteiger partial charge in [-0.1, -0.05) is 12.1 Å². The van der Waals surface area contributed by atoms with Crippen molar-refractivity contribution in [1.29, 1.82) is 0 Å². The fourth-order valence-electron chi connectivity index (χ4n) is 3.21. The third-order valence-corrected chi connectivity index (χ3v) is 6.34. The highest BCUT2D eigenvalue weighted by Crippen LogP contribution is 2.30. The molecule has 0 spiro atoms. The largest absolute Gasteiger partial charge is 0.493 e. The number of anilines is 1. The average Bonchev–Trinajstić information content (AvgIpc) is 2.68. The van der Waals surface area contributed by atoms with Gasteiger partial charge in [0.1, 0.15) is 6.04 Å². The smallest absolute Gasteiger partial charge is 0.244 e. The second kappa shape index (κ2) is 9.38. The summed E-state index contributed by atoms with van der Waals surface area (Å²) in [6.45, 7) is 7.26. The van der Waals surface area contributed by atoms with E-state index in [4.69, 9.17) is 9.47 Å². The minimum absolute atomic E-state index is 0.360.